The Morgan fingerprint density at radius 2 is 1.92 bits per heavy atom. The zero-order chi connectivity index (χ0) is 8.55. The molecule has 68 valence electrons. The molecular weight excluding hydrogens is 156 g/mol. The number of fused-ring (bicyclic) bond motifs is 1. The lowest BCUT2D eigenvalue weighted by Gasteiger charge is -2.09. The van der Waals surface area contributed by atoms with Gasteiger partial charge in [-0.3, -0.25) is 0 Å². The molecule has 12 heavy (non-hydrogen) atoms. The van der Waals surface area contributed by atoms with Crippen molar-refractivity contribution in [1.29, 1.82) is 0 Å². The van der Waals surface area contributed by atoms with Gasteiger partial charge in [0.1, 0.15) is 0 Å². The van der Waals surface area contributed by atoms with Gasteiger partial charge in [0.05, 0.1) is 0 Å². The summed E-state index contributed by atoms with van der Waals surface area (Å²) in [5, 5.41) is 14.4. The van der Waals surface area contributed by atoms with E-state index in [1.807, 2.05) is 0 Å². The maximum Gasteiger partial charge on any atom is 0.404 e. The lowest BCUT2D eigenvalue weighted by Crippen LogP contribution is -2.32. The average molecular weight is 170 g/mol. The van der Waals surface area contributed by atoms with Crippen LogP contribution in [-0.4, -0.2) is 30.3 Å². The number of hydrogen-bond acceptors (Lipinski definition) is 2. The van der Waals surface area contributed by atoms with E-state index in [1.54, 1.807) is 0 Å². The van der Waals surface area contributed by atoms with Gasteiger partial charge in [-0.25, -0.2) is 4.79 Å². The van der Waals surface area contributed by atoms with Crippen molar-refractivity contribution in [2.75, 3.05) is 13.1 Å². The zero-order valence-electron chi connectivity index (χ0n) is 6.92. The first kappa shape index (κ1) is 7.86. The first-order chi connectivity index (χ1) is 5.75. The highest BCUT2D eigenvalue weighted by Crippen LogP contribution is 2.34. The van der Waals surface area contributed by atoms with Crippen LogP contribution in [0, 0.1) is 11.8 Å². The molecule has 0 aromatic carbocycles. The van der Waals surface area contributed by atoms with Crippen LogP contribution in [0.3, 0.4) is 0 Å². The van der Waals surface area contributed by atoms with E-state index in [0.29, 0.717) is 11.8 Å². The minimum Gasteiger partial charge on any atom is -0.465 e. The van der Waals surface area contributed by atoms with Crippen LogP contribution in [-0.2, 0) is 0 Å². The lowest BCUT2D eigenvalue weighted by atomic mass is 10.0. The number of carbonyl (C=O) groups is 1. The first-order valence-electron chi connectivity index (χ1n) is 4.46. The Kier molecular flexibility index (Phi) is 1.92. The van der Waals surface area contributed by atoms with Crippen LogP contribution in [0.4, 0.5) is 4.79 Å². The van der Waals surface area contributed by atoms with Crippen molar-refractivity contribution >= 4 is 6.09 Å². The van der Waals surface area contributed by atoms with Crippen LogP contribution >= 0.6 is 0 Å². The number of nitrogens with one attached hydrogen (secondary N) is 2. The van der Waals surface area contributed by atoms with Gasteiger partial charge in [0, 0.05) is 6.04 Å². The molecule has 0 aromatic heterocycles. The van der Waals surface area contributed by atoms with Crippen molar-refractivity contribution in [1.82, 2.24) is 10.6 Å². The smallest absolute Gasteiger partial charge is 0.404 e. The van der Waals surface area contributed by atoms with E-state index >= 15 is 0 Å². The van der Waals surface area contributed by atoms with Gasteiger partial charge >= 0.3 is 6.09 Å². The Hall–Kier alpha value is -0.770. The molecule has 3 N–H and O–H groups in total. The molecular formula is C8H14N2O2. The van der Waals surface area contributed by atoms with E-state index in [-0.39, 0.29) is 6.04 Å². The van der Waals surface area contributed by atoms with Crippen LogP contribution in [0.5, 0.6) is 0 Å². The highest BCUT2D eigenvalue weighted by molar-refractivity contribution is 5.64. The molecule has 4 nitrogen and oxygen atoms in total. The quantitative estimate of drug-likeness (QED) is 0.528. The van der Waals surface area contributed by atoms with Crippen molar-refractivity contribution in [2.24, 2.45) is 11.8 Å². The Balaban J connectivity index is 1.86. The van der Waals surface area contributed by atoms with Crippen molar-refractivity contribution in [3.8, 4) is 0 Å². The van der Waals surface area contributed by atoms with Crippen LogP contribution in [0.15, 0.2) is 0 Å². The first-order valence-corrected chi connectivity index (χ1v) is 4.46. The van der Waals surface area contributed by atoms with Gasteiger partial charge in [0.25, 0.3) is 0 Å². The normalized spacial score (nSPS) is 39.5. The largest absolute Gasteiger partial charge is 0.465 e. The minimum atomic E-state index is -0.882. The zero-order valence-corrected chi connectivity index (χ0v) is 6.92. The molecule has 1 saturated heterocycles. The number of hydrogen-bond donors (Lipinski definition) is 3. The third-order valence-electron chi connectivity index (χ3n) is 2.98. The number of rotatable bonds is 1. The summed E-state index contributed by atoms with van der Waals surface area (Å²) in [6, 6.07) is 0.208. The molecule has 0 aromatic rings. The van der Waals surface area contributed by atoms with E-state index in [0.717, 1.165) is 25.9 Å². The fraction of sp³-hybridized carbons (Fsp3) is 0.875. The van der Waals surface area contributed by atoms with Crippen LogP contribution < -0.4 is 10.6 Å². The molecule has 1 saturated carbocycles. The second-order valence-corrected chi connectivity index (χ2v) is 3.80. The molecule has 0 unspecified atom stereocenters. The third kappa shape index (κ3) is 1.39. The molecule has 0 spiro atoms. The molecule has 1 amide bonds. The number of amides is 1. The summed E-state index contributed by atoms with van der Waals surface area (Å²) in [5.41, 5.74) is 0. The van der Waals surface area contributed by atoms with E-state index in [2.05, 4.69) is 10.6 Å². The van der Waals surface area contributed by atoms with Crippen LogP contribution in [0.25, 0.3) is 0 Å². The average Bonchev–Trinajstić information content (AvgIpc) is 2.43. The predicted molar refractivity (Wildman–Crippen MR) is 44.0 cm³/mol. The molecule has 0 bridgehead atoms. The molecule has 2 fully saturated rings. The molecule has 0 radical (unpaired) electrons. The van der Waals surface area contributed by atoms with E-state index in [9.17, 15) is 4.79 Å². The Morgan fingerprint density at radius 3 is 2.42 bits per heavy atom. The summed E-state index contributed by atoms with van der Waals surface area (Å²) in [4.78, 5) is 10.3. The van der Waals surface area contributed by atoms with Gasteiger partial charge in [0.15, 0.2) is 0 Å². The molecule has 4 heteroatoms. The maximum atomic E-state index is 10.3. The molecule has 1 aliphatic carbocycles. The Bertz CT molecular complexity index is 183. The SMILES string of the molecule is O=C(O)N[C@@H]1C[C@H]2CNC[C@H]2C1. The fourth-order valence-electron chi connectivity index (χ4n) is 2.46. The monoisotopic (exact) mass is 170 g/mol. The summed E-state index contributed by atoms with van der Waals surface area (Å²) in [6.45, 7) is 2.14. The Morgan fingerprint density at radius 1 is 1.33 bits per heavy atom. The fourth-order valence-corrected chi connectivity index (χ4v) is 2.46. The van der Waals surface area contributed by atoms with Gasteiger partial charge in [-0.15, -0.1) is 0 Å². The third-order valence-corrected chi connectivity index (χ3v) is 2.98. The minimum absolute atomic E-state index is 0.208. The van der Waals surface area contributed by atoms with Gasteiger partial charge in [0.2, 0.25) is 0 Å². The predicted octanol–water partition coefficient (Wildman–Crippen LogP) is 0.252. The van der Waals surface area contributed by atoms with E-state index < -0.39 is 6.09 Å². The summed E-state index contributed by atoms with van der Waals surface area (Å²) in [5.74, 6) is 1.42. The van der Waals surface area contributed by atoms with Crippen LogP contribution in [0.2, 0.25) is 0 Å². The summed E-state index contributed by atoms with van der Waals surface area (Å²) < 4.78 is 0. The highest BCUT2D eigenvalue weighted by atomic mass is 16.4. The number of carboxylic acid groups (broad SMARTS) is 1. The molecule has 2 rings (SSSR count). The Labute approximate surface area is 71.3 Å². The molecule has 2 aliphatic rings. The van der Waals surface area contributed by atoms with Gasteiger partial charge in [-0.1, -0.05) is 0 Å². The highest BCUT2D eigenvalue weighted by Gasteiger charge is 2.37. The van der Waals surface area contributed by atoms with Crippen molar-refractivity contribution in [3.63, 3.8) is 0 Å². The van der Waals surface area contributed by atoms with Gasteiger partial charge < -0.3 is 15.7 Å². The van der Waals surface area contributed by atoms with Gasteiger partial charge in [-0.05, 0) is 37.8 Å². The van der Waals surface area contributed by atoms with Crippen molar-refractivity contribution in [3.05, 3.63) is 0 Å². The van der Waals surface area contributed by atoms with Gasteiger partial charge in [-0.2, -0.15) is 0 Å². The molecule has 1 heterocycles. The van der Waals surface area contributed by atoms with Crippen molar-refractivity contribution < 1.29 is 9.90 Å². The van der Waals surface area contributed by atoms with Crippen LogP contribution in [0.1, 0.15) is 12.8 Å². The lowest BCUT2D eigenvalue weighted by molar-refractivity contribution is 0.189. The van der Waals surface area contributed by atoms with E-state index in [1.165, 1.54) is 0 Å². The summed E-state index contributed by atoms with van der Waals surface area (Å²) >= 11 is 0. The summed E-state index contributed by atoms with van der Waals surface area (Å²) in [7, 11) is 0. The van der Waals surface area contributed by atoms with E-state index in [4.69, 9.17) is 5.11 Å². The standard InChI is InChI=1S/C8H14N2O2/c11-8(12)10-7-1-5-3-9-4-6(5)2-7/h5-7,9-10H,1-4H2,(H,11,12)/t5-,6+,7+. The molecule has 1 aliphatic heterocycles. The second kappa shape index (κ2) is 2.94. The maximum absolute atomic E-state index is 10.3. The summed E-state index contributed by atoms with van der Waals surface area (Å²) in [6.07, 6.45) is 1.15. The topological polar surface area (TPSA) is 61.4 Å². The molecule has 3 atom stereocenters. The van der Waals surface area contributed by atoms with Crippen molar-refractivity contribution in [2.45, 2.75) is 18.9 Å². The second-order valence-electron chi connectivity index (χ2n) is 3.80.